The predicted octanol–water partition coefficient (Wildman–Crippen LogP) is 1.24. The number of carboxylic acids is 1. The highest BCUT2D eigenvalue weighted by Crippen LogP contribution is 2.07. The molecule has 4 aromatic rings. The summed E-state index contributed by atoms with van der Waals surface area (Å²) in [6, 6.07) is 9.31. The van der Waals surface area contributed by atoms with Gasteiger partial charge in [0, 0.05) is 50.0 Å². The van der Waals surface area contributed by atoms with Crippen molar-refractivity contribution in [1.29, 1.82) is 0 Å². The average molecular weight is 480 g/mol. The molecule has 0 radical (unpaired) electrons. The van der Waals surface area contributed by atoms with Gasteiger partial charge >= 0.3 is 11.9 Å². The van der Waals surface area contributed by atoms with E-state index in [1.807, 2.05) is 13.8 Å². The minimum absolute atomic E-state index is 0.0108. The smallest absolute Gasteiger partial charge is 0.343 e. The molecule has 0 spiro atoms. The molecule has 0 aliphatic rings. The number of aryl methyl sites for hydroxylation is 4. The maximum absolute atomic E-state index is 12.1. The molecule has 1 N–H and O–H groups in total. The van der Waals surface area contributed by atoms with Crippen LogP contribution in [0, 0.1) is 13.8 Å². The average Bonchev–Trinajstić information content (AvgIpc) is 3.33. The van der Waals surface area contributed by atoms with E-state index in [2.05, 4.69) is 14.9 Å². The van der Waals surface area contributed by atoms with Crippen LogP contribution in [0.25, 0.3) is 11.6 Å². The molecule has 12 nitrogen and oxygen atoms in total. The number of aromatic nitrogens is 6. The number of nitrogens with zero attached hydrogens (tertiary/aromatic N) is 6. The van der Waals surface area contributed by atoms with Gasteiger partial charge < -0.3 is 9.84 Å². The Labute approximate surface area is 199 Å². The Balaban J connectivity index is 0.000000196. The molecule has 12 heteroatoms. The molecule has 4 rings (SSSR count). The van der Waals surface area contributed by atoms with Gasteiger partial charge in [0.05, 0.1) is 7.11 Å². The van der Waals surface area contributed by atoms with Gasteiger partial charge in [0.15, 0.2) is 11.6 Å². The van der Waals surface area contributed by atoms with Crippen LogP contribution in [0.4, 0.5) is 0 Å². The van der Waals surface area contributed by atoms with Crippen LogP contribution in [0.15, 0.2) is 58.4 Å². The fraction of sp³-hybridized carbons (Fsp3) is 0.217. The lowest BCUT2D eigenvalue weighted by atomic mass is 10.3. The van der Waals surface area contributed by atoms with Crippen LogP contribution in [0.1, 0.15) is 32.1 Å². The van der Waals surface area contributed by atoms with Crippen molar-refractivity contribution < 1.29 is 19.4 Å². The number of carbonyl (C=O) groups is 2. The van der Waals surface area contributed by atoms with E-state index in [0.717, 1.165) is 11.4 Å². The fourth-order valence-electron chi connectivity index (χ4n) is 3.10. The number of rotatable bonds is 4. The summed E-state index contributed by atoms with van der Waals surface area (Å²) in [5.41, 5.74) is 0.493. The highest BCUT2D eigenvalue weighted by molar-refractivity contribution is 5.88. The number of methoxy groups -OCH3 is 1. The van der Waals surface area contributed by atoms with E-state index in [4.69, 9.17) is 5.11 Å². The number of aromatic carboxylic acids is 1. The summed E-state index contributed by atoms with van der Waals surface area (Å²) >= 11 is 0. The molecular weight excluding hydrogens is 456 g/mol. The van der Waals surface area contributed by atoms with Crippen LogP contribution in [-0.2, 0) is 18.8 Å². The molecule has 0 aliphatic carbocycles. The van der Waals surface area contributed by atoms with Crippen LogP contribution in [0.3, 0.4) is 0 Å². The van der Waals surface area contributed by atoms with Crippen molar-refractivity contribution in [2.45, 2.75) is 13.8 Å². The van der Waals surface area contributed by atoms with Crippen molar-refractivity contribution in [3.63, 3.8) is 0 Å². The predicted molar refractivity (Wildman–Crippen MR) is 125 cm³/mol. The van der Waals surface area contributed by atoms with Crippen molar-refractivity contribution in [2.24, 2.45) is 14.1 Å². The van der Waals surface area contributed by atoms with Gasteiger partial charge in [-0.05, 0) is 38.1 Å². The van der Waals surface area contributed by atoms with E-state index in [0.29, 0.717) is 11.6 Å². The molecule has 0 bridgehead atoms. The molecule has 0 saturated carbocycles. The number of pyridine rings is 2. The summed E-state index contributed by atoms with van der Waals surface area (Å²) in [5.74, 6) is -0.997. The molecule has 0 aliphatic heterocycles. The number of carbonyl (C=O) groups excluding carboxylic acids is 1. The zero-order chi connectivity index (χ0) is 25.9. The van der Waals surface area contributed by atoms with Crippen molar-refractivity contribution >= 4 is 11.9 Å². The Kier molecular flexibility index (Phi) is 7.14. The molecule has 0 aromatic carbocycles. The van der Waals surface area contributed by atoms with Gasteiger partial charge in [-0.2, -0.15) is 10.2 Å². The third-order valence-corrected chi connectivity index (χ3v) is 5.23. The van der Waals surface area contributed by atoms with E-state index in [1.165, 1.54) is 40.6 Å². The third-order valence-electron chi connectivity index (χ3n) is 5.23. The van der Waals surface area contributed by atoms with Gasteiger partial charge in [-0.15, -0.1) is 0 Å². The van der Waals surface area contributed by atoms with Crippen LogP contribution in [0.2, 0.25) is 0 Å². The molecule has 0 unspecified atom stereocenters. The minimum atomic E-state index is -1.24. The lowest BCUT2D eigenvalue weighted by Gasteiger charge is -2.03. The van der Waals surface area contributed by atoms with E-state index < -0.39 is 23.1 Å². The maximum atomic E-state index is 12.1. The summed E-state index contributed by atoms with van der Waals surface area (Å²) in [5, 5.41) is 17.2. The summed E-state index contributed by atoms with van der Waals surface area (Å²) in [4.78, 5) is 46.2. The molecule has 0 fully saturated rings. The highest BCUT2D eigenvalue weighted by atomic mass is 16.5. The third kappa shape index (κ3) is 5.11. The first-order valence-corrected chi connectivity index (χ1v) is 10.3. The second-order valence-electron chi connectivity index (χ2n) is 7.53. The summed E-state index contributed by atoms with van der Waals surface area (Å²) < 4.78 is 10.4. The van der Waals surface area contributed by atoms with Gasteiger partial charge in [-0.1, -0.05) is 0 Å². The number of hydrogen-bond donors (Lipinski definition) is 1. The quantitative estimate of drug-likeness (QED) is 0.430. The number of carboxylic acid groups (broad SMARTS) is 1. The van der Waals surface area contributed by atoms with Crippen LogP contribution < -0.4 is 11.1 Å². The van der Waals surface area contributed by atoms with Crippen LogP contribution >= 0.6 is 0 Å². The molecule has 0 atom stereocenters. The van der Waals surface area contributed by atoms with Gasteiger partial charge in [0.1, 0.15) is 11.1 Å². The van der Waals surface area contributed by atoms with E-state index in [9.17, 15) is 19.2 Å². The molecule has 4 heterocycles. The lowest BCUT2D eigenvalue weighted by molar-refractivity contribution is 0.0597. The van der Waals surface area contributed by atoms with Crippen molar-refractivity contribution in [2.75, 3.05) is 7.11 Å². The first kappa shape index (κ1) is 24.9. The van der Waals surface area contributed by atoms with E-state index in [1.54, 1.807) is 47.9 Å². The zero-order valence-corrected chi connectivity index (χ0v) is 19.8. The minimum Gasteiger partial charge on any atom is -0.477 e. The Morgan fingerprint density at radius 1 is 0.829 bits per heavy atom. The maximum Gasteiger partial charge on any atom is 0.343 e. The second-order valence-corrected chi connectivity index (χ2v) is 7.53. The summed E-state index contributed by atoms with van der Waals surface area (Å²) in [6.07, 6.45) is 3.06. The molecule has 0 amide bonds. The number of esters is 1. The largest absolute Gasteiger partial charge is 0.477 e. The normalized spacial score (nSPS) is 10.4. The van der Waals surface area contributed by atoms with Gasteiger partial charge in [0.25, 0.3) is 11.1 Å². The molecule has 4 aromatic heterocycles. The Morgan fingerprint density at radius 2 is 1.26 bits per heavy atom. The van der Waals surface area contributed by atoms with Gasteiger partial charge in [0.2, 0.25) is 0 Å². The summed E-state index contributed by atoms with van der Waals surface area (Å²) in [7, 11) is 4.78. The fourth-order valence-corrected chi connectivity index (χ4v) is 3.10. The highest BCUT2D eigenvalue weighted by Gasteiger charge is 2.15. The van der Waals surface area contributed by atoms with Crippen molar-refractivity contribution in [3.8, 4) is 11.6 Å². The molecule has 0 saturated heterocycles. The van der Waals surface area contributed by atoms with Gasteiger partial charge in [-0.3, -0.25) is 28.1 Å². The molecule has 182 valence electrons. The standard InChI is InChI=1S/C12H13N3O3.C11H11N3O3/c1-8-7-10(13-14(8)2)15-6-4-5-9(11(15)16)12(17)18-3;1-7-6-9(12-13(7)2)14-5-3-4-8(10(14)15)11(16)17/h4-7H,1-3H3;3-6H,1-2H3,(H,16,17). The Bertz CT molecular complexity index is 1480. The van der Waals surface area contributed by atoms with Crippen molar-refractivity contribution in [1.82, 2.24) is 28.7 Å². The lowest BCUT2D eigenvalue weighted by Crippen LogP contribution is -2.25. The van der Waals surface area contributed by atoms with E-state index >= 15 is 0 Å². The van der Waals surface area contributed by atoms with Crippen molar-refractivity contribution in [3.05, 3.63) is 92.0 Å². The van der Waals surface area contributed by atoms with Gasteiger partial charge in [-0.25, -0.2) is 9.59 Å². The van der Waals surface area contributed by atoms with Crippen LogP contribution in [-0.4, -0.2) is 52.9 Å². The topological polar surface area (TPSA) is 143 Å². The Morgan fingerprint density at radius 3 is 1.63 bits per heavy atom. The number of ether oxygens (including phenoxy) is 1. The second kappa shape index (κ2) is 10.0. The van der Waals surface area contributed by atoms with Crippen LogP contribution in [0.5, 0.6) is 0 Å². The Hall–Kier alpha value is -4.74. The summed E-state index contributed by atoms with van der Waals surface area (Å²) in [6.45, 7) is 3.73. The molecular formula is C23H24N6O6. The first-order valence-electron chi connectivity index (χ1n) is 10.3. The first-order chi connectivity index (χ1) is 16.5. The molecule has 35 heavy (non-hydrogen) atoms. The zero-order valence-electron chi connectivity index (χ0n) is 19.8. The van der Waals surface area contributed by atoms with E-state index in [-0.39, 0.29) is 11.1 Å². The monoisotopic (exact) mass is 480 g/mol. The number of hydrogen-bond acceptors (Lipinski definition) is 7. The SMILES string of the molecule is COC(=O)c1cccn(-c2cc(C)n(C)n2)c1=O.Cc1cc(-n2cccc(C(=O)O)c2=O)nn1C.